The van der Waals surface area contributed by atoms with Gasteiger partial charge in [0.05, 0.1) is 13.2 Å². The van der Waals surface area contributed by atoms with Gasteiger partial charge in [-0.2, -0.15) is 0 Å². The molecule has 1 aromatic heterocycles. The van der Waals surface area contributed by atoms with Gasteiger partial charge in [0.1, 0.15) is 17.5 Å². The molecule has 0 aliphatic rings. The number of rotatable bonds is 7. The van der Waals surface area contributed by atoms with Crippen LogP contribution < -0.4 is 16.0 Å². The highest BCUT2D eigenvalue weighted by Crippen LogP contribution is 2.34. The Morgan fingerprint density at radius 2 is 1.95 bits per heavy atom. The van der Waals surface area contributed by atoms with Crippen molar-refractivity contribution < 1.29 is 9.47 Å². The van der Waals surface area contributed by atoms with Crippen molar-refractivity contribution in [3.05, 3.63) is 59.9 Å². The Balaban J connectivity index is 2.40. The van der Waals surface area contributed by atoms with Gasteiger partial charge in [-0.05, 0) is 24.6 Å². The first-order chi connectivity index (χ1) is 10.3. The summed E-state index contributed by atoms with van der Waals surface area (Å²) in [5, 5.41) is 0. The monoisotopic (exact) mass is 287 g/mol. The summed E-state index contributed by atoms with van der Waals surface area (Å²) in [7, 11) is 1.62. The van der Waals surface area contributed by atoms with Gasteiger partial charge in [0.25, 0.3) is 0 Å². The number of hydrazine groups is 1. The van der Waals surface area contributed by atoms with Crippen molar-refractivity contribution in [2.24, 2.45) is 5.84 Å². The minimum Gasteiger partial charge on any atom is -0.495 e. The summed E-state index contributed by atoms with van der Waals surface area (Å²) in [6, 6.07) is 13.3. The number of ether oxygens (including phenoxy) is 2. The summed E-state index contributed by atoms with van der Waals surface area (Å²) in [6.07, 6.45) is 1.47. The quantitative estimate of drug-likeness (QED) is 0.604. The molecular formula is C16H21N3O2. The van der Waals surface area contributed by atoms with Crippen molar-refractivity contribution in [2.45, 2.75) is 19.1 Å². The summed E-state index contributed by atoms with van der Waals surface area (Å²) < 4.78 is 11.3. The average molecular weight is 287 g/mol. The van der Waals surface area contributed by atoms with E-state index in [1.807, 2.05) is 49.4 Å². The number of nitrogens with zero attached hydrogens (tertiary/aromatic N) is 1. The molecule has 0 spiro atoms. The van der Waals surface area contributed by atoms with Crippen LogP contribution in [-0.2, 0) is 4.74 Å². The zero-order chi connectivity index (χ0) is 15.1. The second-order valence-electron chi connectivity index (χ2n) is 4.52. The molecular weight excluding hydrogens is 266 g/mol. The van der Waals surface area contributed by atoms with Crippen molar-refractivity contribution in [3.63, 3.8) is 0 Å². The van der Waals surface area contributed by atoms with Crippen molar-refractivity contribution in [3.8, 4) is 5.75 Å². The van der Waals surface area contributed by atoms with Crippen LogP contribution in [0.1, 0.15) is 30.3 Å². The number of aromatic nitrogens is 1. The SMILES string of the molecule is CCOC(c1ccccc1)C(NN)c1ncccc1OC. The minimum atomic E-state index is -0.302. The summed E-state index contributed by atoms with van der Waals surface area (Å²) in [4.78, 5) is 4.40. The molecule has 112 valence electrons. The smallest absolute Gasteiger partial charge is 0.142 e. The molecule has 1 aromatic carbocycles. The lowest BCUT2D eigenvalue weighted by atomic mass is 9.99. The molecule has 2 unspecified atom stereocenters. The minimum absolute atomic E-state index is 0.245. The molecule has 2 rings (SSSR count). The van der Waals surface area contributed by atoms with Crippen LogP contribution in [0.15, 0.2) is 48.7 Å². The van der Waals surface area contributed by atoms with Crippen LogP contribution in [0.5, 0.6) is 5.75 Å². The van der Waals surface area contributed by atoms with Crippen LogP contribution in [0, 0.1) is 0 Å². The van der Waals surface area contributed by atoms with Gasteiger partial charge < -0.3 is 9.47 Å². The molecule has 0 fully saturated rings. The van der Waals surface area contributed by atoms with E-state index in [0.29, 0.717) is 12.4 Å². The van der Waals surface area contributed by atoms with Crippen LogP contribution in [0.25, 0.3) is 0 Å². The van der Waals surface area contributed by atoms with E-state index >= 15 is 0 Å². The Hall–Kier alpha value is -1.95. The van der Waals surface area contributed by atoms with Crippen LogP contribution in [0.4, 0.5) is 0 Å². The van der Waals surface area contributed by atoms with Gasteiger partial charge in [-0.3, -0.25) is 10.8 Å². The largest absolute Gasteiger partial charge is 0.495 e. The first-order valence-electron chi connectivity index (χ1n) is 6.93. The predicted molar refractivity (Wildman–Crippen MR) is 81.7 cm³/mol. The van der Waals surface area contributed by atoms with E-state index < -0.39 is 0 Å². The molecule has 0 saturated carbocycles. The van der Waals surface area contributed by atoms with Crippen molar-refractivity contribution >= 4 is 0 Å². The van der Waals surface area contributed by atoms with Crippen molar-refractivity contribution in [1.82, 2.24) is 10.4 Å². The number of pyridine rings is 1. The Bertz CT molecular complexity index is 548. The van der Waals surface area contributed by atoms with Gasteiger partial charge in [0.2, 0.25) is 0 Å². The van der Waals surface area contributed by atoms with Gasteiger partial charge >= 0.3 is 0 Å². The highest BCUT2D eigenvalue weighted by Gasteiger charge is 2.28. The Morgan fingerprint density at radius 3 is 2.57 bits per heavy atom. The van der Waals surface area contributed by atoms with E-state index in [4.69, 9.17) is 15.3 Å². The van der Waals surface area contributed by atoms with E-state index in [0.717, 1.165) is 11.3 Å². The van der Waals surface area contributed by atoms with E-state index in [9.17, 15) is 0 Å². The summed E-state index contributed by atoms with van der Waals surface area (Å²) in [5.41, 5.74) is 4.57. The molecule has 5 heteroatoms. The maximum absolute atomic E-state index is 5.90. The van der Waals surface area contributed by atoms with Crippen LogP contribution in [-0.4, -0.2) is 18.7 Å². The zero-order valence-corrected chi connectivity index (χ0v) is 12.3. The molecule has 0 radical (unpaired) electrons. The number of nitrogens with two attached hydrogens (primary N) is 1. The van der Waals surface area contributed by atoms with Crippen molar-refractivity contribution in [2.75, 3.05) is 13.7 Å². The predicted octanol–water partition coefficient (Wildman–Crippen LogP) is 2.37. The molecule has 0 saturated heterocycles. The van der Waals surface area contributed by atoms with Crippen molar-refractivity contribution in [1.29, 1.82) is 0 Å². The number of hydrogen-bond acceptors (Lipinski definition) is 5. The molecule has 0 bridgehead atoms. The maximum Gasteiger partial charge on any atom is 0.142 e. The first kappa shape index (κ1) is 15.4. The van der Waals surface area contributed by atoms with E-state index in [-0.39, 0.29) is 12.1 Å². The lowest BCUT2D eigenvalue weighted by Gasteiger charge is -2.27. The third-order valence-electron chi connectivity index (χ3n) is 3.27. The fraction of sp³-hybridized carbons (Fsp3) is 0.312. The van der Waals surface area contributed by atoms with Gasteiger partial charge in [0, 0.05) is 12.8 Å². The van der Waals surface area contributed by atoms with Crippen LogP contribution in [0.2, 0.25) is 0 Å². The van der Waals surface area contributed by atoms with Crippen LogP contribution in [0.3, 0.4) is 0 Å². The third-order valence-corrected chi connectivity index (χ3v) is 3.27. The number of methoxy groups -OCH3 is 1. The molecule has 5 nitrogen and oxygen atoms in total. The highest BCUT2D eigenvalue weighted by atomic mass is 16.5. The fourth-order valence-corrected chi connectivity index (χ4v) is 2.33. The summed E-state index contributed by atoms with van der Waals surface area (Å²) in [6.45, 7) is 2.53. The Labute approximate surface area is 125 Å². The van der Waals surface area contributed by atoms with E-state index in [1.165, 1.54) is 0 Å². The summed E-state index contributed by atoms with van der Waals surface area (Å²) >= 11 is 0. The fourth-order valence-electron chi connectivity index (χ4n) is 2.33. The van der Waals surface area contributed by atoms with Gasteiger partial charge in [0.15, 0.2) is 0 Å². The standard InChI is InChI=1S/C16H21N3O2/c1-3-21-16(12-8-5-4-6-9-12)15(19-17)14-13(20-2)10-7-11-18-14/h4-11,15-16,19H,3,17H2,1-2H3. The topological polar surface area (TPSA) is 69.4 Å². The second kappa shape index (κ2) is 7.73. The highest BCUT2D eigenvalue weighted by molar-refractivity contribution is 5.32. The third kappa shape index (κ3) is 3.58. The Kier molecular flexibility index (Phi) is 5.68. The molecule has 3 N–H and O–H groups in total. The maximum atomic E-state index is 5.90. The van der Waals surface area contributed by atoms with Gasteiger partial charge in [-0.1, -0.05) is 30.3 Å². The van der Waals surface area contributed by atoms with E-state index in [2.05, 4.69) is 10.4 Å². The second-order valence-corrected chi connectivity index (χ2v) is 4.52. The average Bonchev–Trinajstić information content (AvgIpc) is 2.56. The molecule has 21 heavy (non-hydrogen) atoms. The first-order valence-corrected chi connectivity index (χ1v) is 6.93. The normalized spacial score (nSPS) is 13.7. The molecule has 0 aliphatic heterocycles. The molecule has 0 amide bonds. The van der Waals surface area contributed by atoms with Gasteiger partial charge in [-0.15, -0.1) is 0 Å². The number of nitrogens with one attached hydrogen (secondary N) is 1. The Morgan fingerprint density at radius 1 is 1.19 bits per heavy atom. The number of hydrogen-bond donors (Lipinski definition) is 2. The zero-order valence-electron chi connectivity index (χ0n) is 12.3. The molecule has 1 heterocycles. The summed E-state index contributed by atoms with van der Waals surface area (Å²) in [5.74, 6) is 6.45. The number of benzene rings is 1. The lowest BCUT2D eigenvalue weighted by Crippen LogP contribution is -2.34. The molecule has 2 atom stereocenters. The van der Waals surface area contributed by atoms with E-state index in [1.54, 1.807) is 13.3 Å². The molecule has 2 aromatic rings. The molecule has 0 aliphatic carbocycles. The van der Waals surface area contributed by atoms with Crippen LogP contribution >= 0.6 is 0 Å². The van der Waals surface area contributed by atoms with Gasteiger partial charge in [-0.25, -0.2) is 5.43 Å². The lowest BCUT2D eigenvalue weighted by molar-refractivity contribution is 0.0309.